The highest BCUT2D eigenvalue weighted by Crippen LogP contribution is 2.08. The van der Waals surface area contributed by atoms with Gasteiger partial charge in [0.15, 0.2) is 0 Å². The lowest BCUT2D eigenvalue weighted by Gasteiger charge is -2.35. The molecule has 0 bridgehead atoms. The van der Waals surface area contributed by atoms with Crippen molar-refractivity contribution in [3.05, 3.63) is 12.7 Å². The first-order valence-corrected chi connectivity index (χ1v) is 4.94. The average molecular weight is 168 g/mol. The topological polar surface area (TPSA) is 15.3 Å². The highest BCUT2D eigenvalue weighted by molar-refractivity contribution is 4.84. The Morgan fingerprint density at radius 3 is 3.17 bits per heavy atom. The Kier molecular flexibility index (Phi) is 4.33. The summed E-state index contributed by atoms with van der Waals surface area (Å²) < 4.78 is 0. The minimum absolute atomic E-state index is 0.738. The molecular weight excluding hydrogens is 148 g/mol. The van der Waals surface area contributed by atoms with E-state index in [1.54, 1.807) is 0 Å². The summed E-state index contributed by atoms with van der Waals surface area (Å²) >= 11 is 0. The van der Waals surface area contributed by atoms with Crippen molar-refractivity contribution >= 4 is 0 Å². The van der Waals surface area contributed by atoms with Crippen LogP contribution in [0.25, 0.3) is 0 Å². The number of piperazine rings is 1. The Morgan fingerprint density at radius 1 is 1.67 bits per heavy atom. The minimum atomic E-state index is 0.738. The maximum Gasteiger partial charge on any atom is 0.0224 e. The second kappa shape index (κ2) is 5.33. The average Bonchev–Trinajstić information content (AvgIpc) is 2.09. The second-order valence-corrected chi connectivity index (χ2v) is 3.43. The molecule has 1 aliphatic rings. The molecule has 1 rings (SSSR count). The van der Waals surface area contributed by atoms with Crippen molar-refractivity contribution in [2.45, 2.75) is 25.8 Å². The van der Waals surface area contributed by atoms with Crippen molar-refractivity contribution in [2.24, 2.45) is 0 Å². The summed E-state index contributed by atoms with van der Waals surface area (Å²) in [6, 6.07) is 0.738. The highest BCUT2D eigenvalue weighted by Gasteiger charge is 2.19. The maximum absolute atomic E-state index is 3.79. The molecule has 0 aromatic heterocycles. The minimum Gasteiger partial charge on any atom is -0.314 e. The lowest BCUT2D eigenvalue weighted by atomic mass is 10.1. The van der Waals surface area contributed by atoms with E-state index in [9.17, 15) is 0 Å². The molecule has 0 aliphatic carbocycles. The molecule has 1 aliphatic heterocycles. The van der Waals surface area contributed by atoms with Gasteiger partial charge >= 0.3 is 0 Å². The van der Waals surface area contributed by atoms with Crippen LogP contribution in [0.5, 0.6) is 0 Å². The largest absolute Gasteiger partial charge is 0.314 e. The van der Waals surface area contributed by atoms with Crippen LogP contribution in [0.2, 0.25) is 0 Å². The highest BCUT2D eigenvalue weighted by atomic mass is 15.2. The number of rotatable bonds is 4. The zero-order valence-electron chi connectivity index (χ0n) is 8.05. The van der Waals surface area contributed by atoms with Gasteiger partial charge in [0.2, 0.25) is 0 Å². The molecular formula is C10H20N2. The van der Waals surface area contributed by atoms with Gasteiger partial charge in [-0.2, -0.15) is 0 Å². The van der Waals surface area contributed by atoms with Crippen molar-refractivity contribution in [3.63, 3.8) is 0 Å². The first-order valence-electron chi connectivity index (χ1n) is 4.94. The first-order chi connectivity index (χ1) is 5.88. The summed E-state index contributed by atoms with van der Waals surface area (Å²) in [5.74, 6) is 0. The van der Waals surface area contributed by atoms with E-state index in [4.69, 9.17) is 0 Å². The van der Waals surface area contributed by atoms with E-state index in [1.807, 2.05) is 6.08 Å². The molecule has 1 N–H and O–H groups in total. The Hall–Kier alpha value is -0.340. The van der Waals surface area contributed by atoms with Crippen LogP contribution in [-0.2, 0) is 0 Å². The van der Waals surface area contributed by atoms with E-state index in [1.165, 1.54) is 19.4 Å². The van der Waals surface area contributed by atoms with E-state index in [2.05, 4.69) is 23.7 Å². The van der Waals surface area contributed by atoms with Crippen LogP contribution in [-0.4, -0.2) is 37.1 Å². The maximum atomic E-state index is 3.79. The number of hydrogen-bond donors (Lipinski definition) is 1. The number of hydrogen-bond acceptors (Lipinski definition) is 2. The Balaban J connectivity index is 2.36. The van der Waals surface area contributed by atoms with Crippen molar-refractivity contribution < 1.29 is 0 Å². The lowest BCUT2D eigenvalue weighted by molar-refractivity contribution is 0.169. The molecule has 0 saturated carbocycles. The van der Waals surface area contributed by atoms with Gasteiger partial charge in [0.25, 0.3) is 0 Å². The van der Waals surface area contributed by atoms with Crippen LogP contribution in [0.15, 0.2) is 12.7 Å². The second-order valence-electron chi connectivity index (χ2n) is 3.43. The Bertz CT molecular complexity index is 132. The molecule has 70 valence electrons. The summed E-state index contributed by atoms with van der Waals surface area (Å²) in [6.45, 7) is 10.6. The monoisotopic (exact) mass is 168 g/mol. The fourth-order valence-corrected chi connectivity index (χ4v) is 1.83. The lowest BCUT2D eigenvalue weighted by Crippen LogP contribution is -2.51. The fraction of sp³-hybridized carbons (Fsp3) is 0.800. The van der Waals surface area contributed by atoms with Crippen LogP contribution < -0.4 is 5.32 Å². The summed E-state index contributed by atoms with van der Waals surface area (Å²) in [6.07, 6.45) is 4.59. The van der Waals surface area contributed by atoms with Crippen molar-refractivity contribution in [1.29, 1.82) is 0 Å². The van der Waals surface area contributed by atoms with Gasteiger partial charge in [-0.15, -0.1) is 6.58 Å². The van der Waals surface area contributed by atoms with Gasteiger partial charge in [0.1, 0.15) is 0 Å². The van der Waals surface area contributed by atoms with Crippen LogP contribution in [0.1, 0.15) is 19.8 Å². The molecule has 1 fully saturated rings. The van der Waals surface area contributed by atoms with Gasteiger partial charge in [-0.05, 0) is 6.42 Å². The Labute approximate surface area is 75.6 Å². The molecule has 1 atom stereocenters. The quantitative estimate of drug-likeness (QED) is 0.635. The van der Waals surface area contributed by atoms with Crippen LogP contribution in [0, 0.1) is 0 Å². The molecule has 0 spiro atoms. The van der Waals surface area contributed by atoms with Gasteiger partial charge in [0, 0.05) is 32.2 Å². The summed E-state index contributed by atoms with van der Waals surface area (Å²) in [7, 11) is 0. The predicted octanol–water partition coefficient (Wildman–Crippen LogP) is 1.25. The third kappa shape index (κ3) is 2.61. The standard InChI is InChI=1S/C10H20N2/c1-3-5-10-9-11-6-8-12(10)7-4-2/h4,10-11H,2-3,5-9H2,1H3. The van der Waals surface area contributed by atoms with Gasteiger partial charge in [-0.1, -0.05) is 19.4 Å². The SMILES string of the molecule is C=CCN1CCNCC1CCC. The van der Waals surface area contributed by atoms with Crippen molar-refractivity contribution in [2.75, 3.05) is 26.2 Å². The number of nitrogens with zero attached hydrogens (tertiary/aromatic N) is 1. The Morgan fingerprint density at radius 2 is 2.50 bits per heavy atom. The molecule has 1 saturated heterocycles. The molecule has 1 unspecified atom stereocenters. The third-order valence-electron chi connectivity index (χ3n) is 2.46. The fourth-order valence-electron chi connectivity index (χ4n) is 1.83. The molecule has 0 amide bonds. The summed E-state index contributed by atoms with van der Waals surface area (Å²) in [4.78, 5) is 2.52. The van der Waals surface area contributed by atoms with Crippen molar-refractivity contribution in [1.82, 2.24) is 10.2 Å². The van der Waals surface area contributed by atoms with E-state index < -0.39 is 0 Å². The van der Waals surface area contributed by atoms with Gasteiger partial charge in [0.05, 0.1) is 0 Å². The van der Waals surface area contributed by atoms with E-state index >= 15 is 0 Å². The van der Waals surface area contributed by atoms with Crippen LogP contribution in [0.3, 0.4) is 0 Å². The van der Waals surface area contributed by atoms with Crippen molar-refractivity contribution in [3.8, 4) is 0 Å². The third-order valence-corrected chi connectivity index (χ3v) is 2.46. The van der Waals surface area contributed by atoms with Gasteiger partial charge in [-0.25, -0.2) is 0 Å². The molecule has 0 radical (unpaired) electrons. The zero-order valence-corrected chi connectivity index (χ0v) is 8.05. The number of nitrogens with one attached hydrogen (secondary N) is 1. The normalized spacial score (nSPS) is 25.6. The molecule has 2 nitrogen and oxygen atoms in total. The van der Waals surface area contributed by atoms with Gasteiger partial charge in [-0.3, -0.25) is 4.90 Å². The zero-order chi connectivity index (χ0) is 8.81. The first kappa shape index (κ1) is 9.75. The summed E-state index contributed by atoms with van der Waals surface area (Å²) in [5.41, 5.74) is 0. The van der Waals surface area contributed by atoms with E-state index in [0.717, 1.165) is 25.7 Å². The van der Waals surface area contributed by atoms with Gasteiger partial charge < -0.3 is 5.32 Å². The molecule has 12 heavy (non-hydrogen) atoms. The molecule has 0 aromatic rings. The van der Waals surface area contributed by atoms with Crippen LogP contribution in [0.4, 0.5) is 0 Å². The molecule has 1 heterocycles. The summed E-state index contributed by atoms with van der Waals surface area (Å²) in [5, 5.41) is 3.43. The van der Waals surface area contributed by atoms with Crippen LogP contribution >= 0.6 is 0 Å². The molecule has 0 aromatic carbocycles. The smallest absolute Gasteiger partial charge is 0.0224 e. The molecule has 2 heteroatoms. The van der Waals surface area contributed by atoms with E-state index in [0.29, 0.717) is 0 Å². The predicted molar refractivity (Wildman–Crippen MR) is 53.3 cm³/mol. The van der Waals surface area contributed by atoms with E-state index in [-0.39, 0.29) is 0 Å².